The van der Waals surface area contributed by atoms with Crippen molar-refractivity contribution >= 4 is 113 Å². The van der Waals surface area contributed by atoms with E-state index in [4.69, 9.17) is 24.5 Å². The van der Waals surface area contributed by atoms with Crippen LogP contribution in [-0.2, 0) is 24.3 Å². The molecule has 0 heterocycles. The normalized spacial score (nSPS) is 11.4. The van der Waals surface area contributed by atoms with Crippen molar-refractivity contribution in [2.24, 2.45) is 9.98 Å². The average molecular weight is 676 g/mol. The van der Waals surface area contributed by atoms with Crippen LogP contribution in [0.3, 0.4) is 0 Å². The van der Waals surface area contributed by atoms with E-state index in [0.717, 1.165) is 48.4 Å². The van der Waals surface area contributed by atoms with E-state index in [2.05, 4.69) is 20.2 Å². The molecule has 0 saturated carbocycles. The van der Waals surface area contributed by atoms with Gasteiger partial charge < -0.3 is 24.9 Å². The third-order valence-corrected chi connectivity index (χ3v) is 12.1. The number of ether oxygens (including phenoxy) is 1. The Morgan fingerprint density at radius 3 is 2.16 bits per heavy atom. The van der Waals surface area contributed by atoms with Gasteiger partial charge >= 0.3 is 6.09 Å². The van der Waals surface area contributed by atoms with Gasteiger partial charge in [-0.15, -0.1) is 94.1 Å². The molecule has 0 rings (SSSR count). The molecule has 0 aromatic heterocycles. The van der Waals surface area contributed by atoms with Crippen LogP contribution in [0.25, 0.3) is 0 Å². The van der Waals surface area contributed by atoms with Crippen LogP contribution in [0.4, 0.5) is 4.79 Å². The summed E-state index contributed by atoms with van der Waals surface area (Å²) in [5.74, 6) is 3.95. The minimum Gasteiger partial charge on any atom is -0.449 e. The third kappa shape index (κ3) is 34.9. The first-order valence-electron chi connectivity index (χ1n) is 10.9. The monoisotopic (exact) mass is 675 g/mol. The third-order valence-electron chi connectivity index (χ3n) is 3.11. The van der Waals surface area contributed by atoms with E-state index >= 15 is 0 Å². The second kappa shape index (κ2) is 34.9. The van der Waals surface area contributed by atoms with Crippen LogP contribution < -0.4 is 5.32 Å². The largest absolute Gasteiger partial charge is 0.449 e. The van der Waals surface area contributed by atoms with Crippen molar-refractivity contribution in [2.75, 3.05) is 93.7 Å². The zero-order valence-electron chi connectivity index (χ0n) is 20.8. The van der Waals surface area contributed by atoms with Crippen LogP contribution in [0.1, 0.15) is 0 Å². The highest BCUT2D eigenvalue weighted by molar-refractivity contribution is 8.23. The molecule has 0 bridgehead atoms. The average Bonchev–Trinajstić information content (AvgIpc) is 2.90. The number of aliphatic hydroxyl groups is 1. The lowest BCUT2D eigenvalue weighted by Crippen LogP contribution is -2.27. The number of aliphatic imine (C=N–C) groups is 2. The summed E-state index contributed by atoms with van der Waals surface area (Å²) in [5.41, 5.74) is 0. The minimum atomic E-state index is -0.350. The number of rotatable bonds is 29. The standard InChI is InChI=1S/C19H37N3O7S8/c1-20-10-27-26-5-9-33-17-37-16-32-8-4-25-19(24)22-3-7-31-15-36-14-30-6-2-21-11-28-29-13-35-18-34-12-23/h10-11,23H,2-9,12-18H2,1H3,(H,22,24)/b20-10+,21-11+. The molecular formula is C19H37N3O7S8. The summed E-state index contributed by atoms with van der Waals surface area (Å²) in [6, 6.07) is 0. The van der Waals surface area contributed by atoms with Crippen LogP contribution in [0.2, 0.25) is 0 Å². The Balaban J connectivity index is 3.19. The fraction of sp³-hybridized carbons (Fsp3) is 0.842. The molecule has 2 N–H and O–H groups in total. The van der Waals surface area contributed by atoms with Gasteiger partial charge in [-0.2, -0.15) is 9.78 Å². The molecule has 10 nitrogen and oxygen atoms in total. The van der Waals surface area contributed by atoms with Crippen molar-refractivity contribution in [3.05, 3.63) is 0 Å². The Morgan fingerprint density at radius 2 is 1.43 bits per heavy atom. The summed E-state index contributed by atoms with van der Waals surface area (Å²) in [7, 11) is 1.62. The minimum absolute atomic E-state index is 0.115. The molecule has 0 unspecified atom stereocenters. The van der Waals surface area contributed by atoms with Gasteiger partial charge in [0.2, 0.25) is 12.8 Å². The first-order chi connectivity index (χ1) is 18.3. The number of alkyl carbamates (subject to hydrolysis) is 1. The second-order valence-corrected chi connectivity index (χ2v) is 16.0. The molecule has 0 aromatic carbocycles. The van der Waals surface area contributed by atoms with E-state index in [1.165, 1.54) is 36.3 Å². The van der Waals surface area contributed by atoms with Crippen molar-refractivity contribution < 1.29 is 34.2 Å². The van der Waals surface area contributed by atoms with E-state index < -0.39 is 0 Å². The van der Waals surface area contributed by atoms with Crippen molar-refractivity contribution in [3.8, 4) is 0 Å². The number of hydrogen-bond acceptors (Lipinski definition) is 17. The van der Waals surface area contributed by atoms with E-state index in [9.17, 15) is 4.79 Å². The number of amides is 1. The molecule has 0 spiro atoms. The van der Waals surface area contributed by atoms with E-state index in [-0.39, 0.29) is 12.0 Å². The fourth-order valence-corrected chi connectivity index (χ4v) is 9.22. The van der Waals surface area contributed by atoms with Gasteiger partial charge in [0.15, 0.2) is 0 Å². The number of carbonyl (C=O) groups is 1. The molecule has 218 valence electrons. The van der Waals surface area contributed by atoms with Gasteiger partial charge in [0.1, 0.15) is 19.2 Å². The first kappa shape index (κ1) is 37.9. The van der Waals surface area contributed by atoms with Crippen LogP contribution in [0.15, 0.2) is 9.98 Å². The summed E-state index contributed by atoms with van der Waals surface area (Å²) in [5, 5.41) is 16.1. The number of hydrogen-bond donors (Lipinski definition) is 2. The van der Waals surface area contributed by atoms with Gasteiger partial charge in [0, 0.05) is 62.0 Å². The maximum absolute atomic E-state index is 11.7. The van der Waals surface area contributed by atoms with E-state index in [0.29, 0.717) is 32.2 Å². The molecule has 0 aliphatic carbocycles. The van der Waals surface area contributed by atoms with Crippen LogP contribution in [0.5, 0.6) is 0 Å². The molecule has 0 radical (unpaired) electrons. The second-order valence-electron chi connectivity index (χ2n) is 5.86. The van der Waals surface area contributed by atoms with Gasteiger partial charge in [-0.25, -0.2) is 4.79 Å². The molecule has 0 saturated heterocycles. The van der Waals surface area contributed by atoms with Gasteiger partial charge in [0.05, 0.1) is 12.5 Å². The molecule has 37 heavy (non-hydrogen) atoms. The summed E-state index contributed by atoms with van der Waals surface area (Å²) < 4.78 is 5.18. The van der Waals surface area contributed by atoms with Crippen molar-refractivity contribution in [2.45, 2.75) is 0 Å². The number of carbonyl (C=O) groups excluding carboxylic acids is 1. The smallest absolute Gasteiger partial charge is 0.407 e. The van der Waals surface area contributed by atoms with Gasteiger partial charge in [0.25, 0.3) is 0 Å². The van der Waals surface area contributed by atoms with Crippen LogP contribution in [-0.4, -0.2) is 118 Å². The van der Waals surface area contributed by atoms with Gasteiger partial charge in [-0.05, 0) is 0 Å². The molecule has 0 atom stereocenters. The van der Waals surface area contributed by atoms with Crippen molar-refractivity contribution in [1.82, 2.24) is 5.32 Å². The van der Waals surface area contributed by atoms with Gasteiger partial charge in [-0.3, -0.25) is 9.98 Å². The zero-order valence-corrected chi connectivity index (χ0v) is 27.4. The Bertz CT molecular complexity index is 546. The van der Waals surface area contributed by atoms with Crippen LogP contribution in [0, 0.1) is 0 Å². The molecule has 0 aliphatic heterocycles. The lowest BCUT2D eigenvalue weighted by molar-refractivity contribution is -0.210. The number of nitrogens with zero attached hydrogens (tertiary/aromatic N) is 2. The van der Waals surface area contributed by atoms with Gasteiger partial charge in [-0.1, -0.05) is 0 Å². The molecule has 18 heteroatoms. The highest BCUT2D eigenvalue weighted by Crippen LogP contribution is 2.18. The molecule has 0 aliphatic rings. The molecule has 1 amide bonds. The SMILES string of the molecule is C/N=C/OOCCSCSCSCCOC(=O)NCCSCSCSCC/N=C/OOCSCSCO. The lowest BCUT2D eigenvalue weighted by atomic mass is 10.7. The summed E-state index contributed by atoms with van der Waals surface area (Å²) in [6.07, 6.45) is 2.23. The topological polar surface area (TPSA) is 120 Å². The van der Waals surface area contributed by atoms with Crippen molar-refractivity contribution in [3.63, 3.8) is 0 Å². The van der Waals surface area contributed by atoms with E-state index in [1.54, 1.807) is 42.3 Å². The number of thioether (sulfide) groups is 8. The number of nitrogens with one attached hydrogen (secondary N) is 1. The highest BCUT2D eigenvalue weighted by Gasteiger charge is 2.01. The Hall–Kier alpha value is 0.890. The quantitative estimate of drug-likeness (QED) is 0.0280. The maximum atomic E-state index is 11.7. The summed E-state index contributed by atoms with van der Waals surface area (Å²) >= 11 is 13.8. The fourth-order valence-electron chi connectivity index (χ4n) is 1.65. The zero-order chi connectivity index (χ0) is 26.9. The van der Waals surface area contributed by atoms with Crippen molar-refractivity contribution in [1.29, 1.82) is 0 Å². The Morgan fingerprint density at radius 1 is 0.784 bits per heavy atom. The maximum Gasteiger partial charge on any atom is 0.407 e. The predicted molar refractivity (Wildman–Crippen MR) is 173 cm³/mol. The highest BCUT2D eigenvalue weighted by atomic mass is 32.2. The predicted octanol–water partition coefficient (Wildman–Crippen LogP) is 4.86. The van der Waals surface area contributed by atoms with E-state index in [1.807, 2.05) is 35.3 Å². The Labute approximate surface area is 254 Å². The first-order valence-corrected chi connectivity index (χ1v) is 20.1. The molecule has 0 fully saturated rings. The summed E-state index contributed by atoms with van der Waals surface area (Å²) in [4.78, 5) is 38.7. The number of aliphatic hydroxyl groups excluding tert-OH is 1. The summed E-state index contributed by atoms with van der Waals surface area (Å²) in [6.45, 7) is 2.23. The molecule has 0 aromatic rings. The molecular weight excluding hydrogens is 639 g/mol. The Kier molecular flexibility index (Phi) is 35.8. The van der Waals surface area contributed by atoms with Crippen LogP contribution >= 0.6 is 94.1 Å². The lowest BCUT2D eigenvalue weighted by Gasteiger charge is -2.07.